The van der Waals surface area contributed by atoms with E-state index >= 15 is 0 Å². The molecule has 1 saturated heterocycles. The van der Waals surface area contributed by atoms with E-state index in [2.05, 4.69) is 0 Å². The molecule has 1 aliphatic carbocycles. The summed E-state index contributed by atoms with van der Waals surface area (Å²) in [5.74, 6) is 2.78. The van der Waals surface area contributed by atoms with Gasteiger partial charge in [0.25, 0.3) is 0 Å². The third-order valence-corrected chi connectivity index (χ3v) is 5.88. The molecular formula is C17H25BO2S. The zero-order valence-electron chi connectivity index (χ0n) is 12.7. The van der Waals surface area contributed by atoms with Crippen LogP contribution in [0.5, 0.6) is 5.75 Å². The smallest absolute Gasteiger partial charge is 0.365 e. The van der Waals surface area contributed by atoms with Crippen LogP contribution in [0.1, 0.15) is 44.9 Å². The summed E-state index contributed by atoms with van der Waals surface area (Å²) in [4.78, 5) is 0. The van der Waals surface area contributed by atoms with Gasteiger partial charge < -0.3 is 9.39 Å². The third kappa shape index (κ3) is 4.68. The molecule has 1 saturated carbocycles. The number of para-hydroxylation sites is 1. The van der Waals surface area contributed by atoms with Crippen molar-refractivity contribution in [3.05, 3.63) is 30.3 Å². The first-order valence-electron chi connectivity index (χ1n) is 8.37. The van der Waals surface area contributed by atoms with Gasteiger partial charge in [-0.05, 0) is 17.9 Å². The molecule has 4 heteroatoms. The Morgan fingerprint density at radius 2 is 1.76 bits per heavy atom. The maximum atomic E-state index is 6.26. The van der Waals surface area contributed by atoms with Crippen LogP contribution in [-0.2, 0) is 4.65 Å². The van der Waals surface area contributed by atoms with Crippen LogP contribution in [0.4, 0.5) is 0 Å². The van der Waals surface area contributed by atoms with Crippen molar-refractivity contribution in [2.45, 2.75) is 56.9 Å². The summed E-state index contributed by atoms with van der Waals surface area (Å²) in [6.45, 7) is 0.681. The molecule has 2 nitrogen and oxygen atoms in total. The average Bonchev–Trinajstić information content (AvgIpc) is 2.95. The molecule has 0 aromatic heterocycles. The van der Waals surface area contributed by atoms with E-state index in [4.69, 9.17) is 9.39 Å². The Hall–Kier alpha value is -0.605. The maximum absolute atomic E-state index is 6.26. The number of ether oxygens (including phenoxy) is 1. The van der Waals surface area contributed by atoms with Crippen molar-refractivity contribution in [1.82, 2.24) is 0 Å². The number of hydrogen-bond acceptors (Lipinski definition) is 3. The summed E-state index contributed by atoms with van der Waals surface area (Å²) in [7, 11) is 0. The molecule has 1 unspecified atom stereocenters. The Morgan fingerprint density at radius 1 is 1.05 bits per heavy atom. The van der Waals surface area contributed by atoms with E-state index in [9.17, 15) is 0 Å². The molecule has 3 rings (SSSR count). The minimum absolute atomic E-state index is 0.255. The predicted octanol–water partition coefficient (Wildman–Crippen LogP) is 4.80. The fourth-order valence-corrected chi connectivity index (χ4v) is 4.63. The van der Waals surface area contributed by atoms with Crippen molar-refractivity contribution in [3.63, 3.8) is 0 Å². The van der Waals surface area contributed by atoms with Gasteiger partial charge in [0.2, 0.25) is 0 Å². The minimum atomic E-state index is 0.255. The van der Waals surface area contributed by atoms with E-state index in [0.29, 0.717) is 12.8 Å². The Bertz CT molecular complexity index is 407. The molecule has 1 heterocycles. The molecule has 2 fully saturated rings. The first kappa shape index (κ1) is 15.3. The Balaban J connectivity index is 1.44. The molecule has 1 aromatic carbocycles. The van der Waals surface area contributed by atoms with Gasteiger partial charge in [0.05, 0.1) is 6.10 Å². The highest BCUT2D eigenvalue weighted by Gasteiger charge is 2.36. The third-order valence-electron chi connectivity index (χ3n) is 4.49. The highest BCUT2D eigenvalue weighted by molar-refractivity contribution is 8.25. The second kappa shape index (κ2) is 8.14. The van der Waals surface area contributed by atoms with Gasteiger partial charge in [-0.15, -0.1) is 0 Å². The largest absolute Gasteiger partial charge is 0.491 e. The normalized spacial score (nSPS) is 24.6. The topological polar surface area (TPSA) is 18.5 Å². The van der Waals surface area contributed by atoms with E-state index in [1.165, 1.54) is 44.9 Å². The van der Waals surface area contributed by atoms with Crippen LogP contribution in [0.25, 0.3) is 0 Å². The summed E-state index contributed by atoms with van der Waals surface area (Å²) in [5, 5.41) is 0. The van der Waals surface area contributed by atoms with Gasteiger partial charge in [-0.2, -0.15) is 11.6 Å². The van der Waals surface area contributed by atoms with Crippen LogP contribution in [0.15, 0.2) is 30.3 Å². The Labute approximate surface area is 133 Å². The van der Waals surface area contributed by atoms with E-state index < -0.39 is 0 Å². The molecule has 0 bridgehead atoms. The maximum Gasteiger partial charge on any atom is 0.365 e. The lowest BCUT2D eigenvalue weighted by molar-refractivity contribution is 0.152. The van der Waals surface area contributed by atoms with Crippen LogP contribution >= 0.6 is 11.6 Å². The van der Waals surface area contributed by atoms with Crippen LogP contribution in [0.3, 0.4) is 0 Å². The molecule has 1 aliphatic heterocycles. The molecule has 21 heavy (non-hydrogen) atoms. The summed E-state index contributed by atoms with van der Waals surface area (Å²) < 4.78 is 12.1. The van der Waals surface area contributed by atoms with Gasteiger partial charge in [-0.3, -0.25) is 0 Å². The van der Waals surface area contributed by atoms with Crippen molar-refractivity contribution in [1.29, 1.82) is 0 Å². The van der Waals surface area contributed by atoms with Crippen molar-refractivity contribution >= 4 is 17.8 Å². The molecule has 1 aromatic rings. The Morgan fingerprint density at radius 3 is 2.52 bits per heavy atom. The SMILES string of the molecule is c1ccc(OCC2CSB(C3CCCCCCC3)O2)cc1. The van der Waals surface area contributed by atoms with E-state index in [-0.39, 0.29) is 6.10 Å². The molecule has 0 amide bonds. The summed E-state index contributed by atoms with van der Waals surface area (Å²) in [5.41, 5.74) is 0. The van der Waals surface area contributed by atoms with Gasteiger partial charge in [-0.1, -0.05) is 63.1 Å². The standard InChI is InChI=1S/C17H25BO2S/c1-2-5-9-15(10-6-3-1)18-20-17(14-21-18)13-19-16-11-7-4-8-12-16/h4,7-8,11-12,15,17H,1-3,5-6,9-10,13-14H2. The zero-order chi connectivity index (χ0) is 14.3. The molecule has 1 atom stereocenters. The van der Waals surface area contributed by atoms with Crippen LogP contribution in [0, 0.1) is 0 Å². The van der Waals surface area contributed by atoms with Gasteiger partial charge in [0.1, 0.15) is 12.4 Å². The lowest BCUT2D eigenvalue weighted by Gasteiger charge is -2.22. The van der Waals surface area contributed by atoms with Gasteiger partial charge >= 0.3 is 6.19 Å². The molecule has 0 N–H and O–H groups in total. The first-order chi connectivity index (χ1) is 10.4. The van der Waals surface area contributed by atoms with Crippen molar-refractivity contribution < 1.29 is 9.39 Å². The second-order valence-electron chi connectivity index (χ2n) is 6.19. The van der Waals surface area contributed by atoms with Gasteiger partial charge in [-0.25, -0.2) is 0 Å². The second-order valence-corrected chi connectivity index (χ2v) is 7.32. The lowest BCUT2D eigenvalue weighted by atomic mass is 9.70. The predicted molar refractivity (Wildman–Crippen MR) is 91.1 cm³/mol. The molecular weight excluding hydrogens is 279 g/mol. The van der Waals surface area contributed by atoms with E-state index in [1.54, 1.807) is 0 Å². The fraction of sp³-hybridized carbons (Fsp3) is 0.647. The summed E-state index contributed by atoms with van der Waals surface area (Å²) in [6.07, 6.45) is 10.4. The van der Waals surface area contributed by atoms with E-state index in [1.807, 2.05) is 41.9 Å². The highest BCUT2D eigenvalue weighted by atomic mass is 32.2. The summed E-state index contributed by atoms with van der Waals surface area (Å²) in [6, 6.07) is 10.1. The van der Waals surface area contributed by atoms with Gasteiger partial charge in [0.15, 0.2) is 0 Å². The van der Waals surface area contributed by atoms with Crippen molar-refractivity contribution in [2.24, 2.45) is 0 Å². The zero-order valence-corrected chi connectivity index (χ0v) is 13.5. The van der Waals surface area contributed by atoms with Crippen LogP contribution < -0.4 is 4.74 Å². The number of benzene rings is 1. The number of hydrogen-bond donors (Lipinski definition) is 0. The van der Waals surface area contributed by atoms with Crippen molar-refractivity contribution in [2.75, 3.05) is 12.4 Å². The van der Waals surface area contributed by atoms with Crippen LogP contribution in [0.2, 0.25) is 5.82 Å². The highest BCUT2D eigenvalue weighted by Crippen LogP contribution is 2.38. The minimum Gasteiger partial charge on any atom is -0.491 e. The lowest BCUT2D eigenvalue weighted by Crippen LogP contribution is -2.25. The summed E-state index contributed by atoms with van der Waals surface area (Å²) >= 11 is 2.01. The monoisotopic (exact) mass is 304 g/mol. The van der Waals surface area contributed by atoms with Gasteiger partial charge in [0, 0.05) is 5.75 Å². The van der Waals surface area contributed by atoms with E-state index in [0.717, 1.165) is 17.3 Å². The number of rotatable bonds is 4. The van der Waals surface area contributed by atoms with Crippen molar-refractivity contribution in [3.8, 4) is 5.75 Å². The molecule has 0 spiro atoms. The average molecular weight is 304 g/mol. The fourth-order valence-electron chi connectivity index (χ4n) is 3.27. The quantitative estimate of drug-likeness (QED) is 0.744. The molecule has 0 radical (unpaired) electrons. The molecule has 2 aliphatic rings. The Kier molecular flexibility index (Phi) is 5.93. The first-order valence-corrected chi connectivity index (χ1v) is 9.41. The van der Waals surface area contributed by atoms with Crippen LogP contribution in [-0.4, -0.2) is 24.7 Å². The molecule has 114 valence electrons.